The maximum Gasteiger partial charge on any atom is 3.00 e. The standard InChI is InChI=1S/3C2HF3O2.Ru/c3*3-2(4,5)1(6)7;/h3*(H,6,7);/q;;;+3/p-3. The van der Waals surface area contributed by atoms with E-state index in [9.17, 15) is 39.5 Å². The Balaban J connectivity index is -0.000000108. The van der Waals surface area contributed by atoms with Gasteiger partial charge >= 0.3 is 38.0 Å². The first-order chi connectivity index (χ1) is 8.83. The van der Waals surface area contributed by atoms with Gasteiger partial charge < -0.3 is 29.7 Å². The van der Waals surface area contributed by atoms with Gasteiger partial charge in [0.05, 0.1) is 0 Å². The largest absolute Gasteiger partial charge is 3.00 e. The van der Waals surface area contributed by atoms with Crippen molar-refractivity contribution in [3.8, 4) is 0 Å². The zero-order valence-electron chi connectivity index (χ0n) is 9.20. The summed E-state index contributed by atoms with van der Waals surface area (Å²) in [6.07, 6.45) is -15.6. The van der Waals surface area contributed by atoms with Crippen LogP contribution in [0.15, 0.2) is 0 Å². The molecule has 0 rings (SSSR count). The van der Waals surface area contributed by atoms with Gasteiger partial charge in [-0.05, 0) is 0 Å². The Morgan fingerprint density at radius 3 is 0.545 bits per heavy atom. The Kier molecular flexibility index (Phi) is 13.2. The summed E-state index contributed by atoms with van der Waals surface area (Å²) in [4.78, 5) is 26.4. The maximum atomic E-state index is 10.5. The SMILES string of the molecule is O=C([O-])C(F)(F)F.O=C([O-])C(F)(F)F.O=C([O-])C(F)(F)F.[Ru+3]. The molecule has 0 aromatic carbocycles. The maximum absolute atomic E-state index is 10.5. The van der Waals surface area contributed by atoms with E-state index in [0.717, 1.165) is 0 Å². The molecule has 0 fully saturated rings. The summed E-state index contributed by atoms with van der Waals surface area (Å²) in [7, 11) is 0. The van der Waals surface area contributed by atoms with Crippen LogP contribution in [0.2, 0.25) is 0 Å². The van der Waals surface area contributed by atoms with E-state index in [4.69, 9.17) is 29.7 Å². The van der Waals surface area contributed by atoms with Crippen molar-refractivity contribution in [1.82, 2.24) is 0 Å². The Bertz CT molecular complexity index is 313. The van der Waals surface area contributed by atoms with Gasteiger partial charge in [-0.25, -0.2) is 0 Å². The summed E-state index contributed by atoms with van der Waals surface area (Å²) in [6, 6.07) is 0. The number of aliphatic carboxylic acids is 3. The molecule has 6 nitrogen and oxygen atoms in total. The molecule has 0 aliphatic carbocycles. The van der Waals surface area contributed by atoms with Crippen molar-refractivity contribution in [2.45, 2.75) is 18.5 Å². The van der Waals surface area contributed by atoms with E-state index in [2.05, 4.69) is 0 Å². The van der Waals surface area contributed by atoms with Gasteiger partial charge in [0.1, 0.15) is 17.9 Å². The summed E-state index contributed by atoms with van der Waals surface area (Å²) in [5.74, 6) is -9.02. The molecule has 0 unspecified atom stereocenters. The number of halogens is 9. The molecule has 0 aliphatic rings. The molecule has 0 aromatic heterocycles. The minimum Gasteiger partial charge on any atom is -0.542 e. The van der Waals surface area contributed by atoms with E-state index in [1.807, 2.05) is 0 Å². The van der Waals surface area contributed by atoms with Crippen LogP contribution < -0.4 is 15.3 Å². The van der Waals surface area contributed by atoms with Crippen molar-refractivity contribution in [3.63, 3.8) is 0 Å². The number of alkyl halides is 9. The molecule has 16 heteroatoms. The topological polar surface area (TPSA) is 120 Å². The van der Waals surface area contributed by atoms with Crippen molar-refractivity contribution in [2.75, 3.05) is 0 Å². The smallest absolute Gasteiger partial charge is 0.542 e. The van der Waals surface area contributed by atoms with Gasteiger partial charge in [-0.15, -0.1) is 0 Å². The second-order valence-corrected chi connectivity index (χ2v) is 2.36. The number of carboxylic acids is 3. The molecule has 0 N–H and O–H groups in total. The predicted molar refractivity (Wildman–Crippen MR) is 33.2 cm³/mol. The molecule has 0 bridgehead atoms. The van der Waals surface area contributed by atoms with Crippen LogP contribution in [0.5, 0.6) is 0 Å². The minimum atomic E-state index is -5.19. The van der Waals surface area contributed by atoms with E-state index >= 15 is 0 Å². The van der Waals surface area contributed by atoms with Gasteiger partial charge in [0.15, 0.2) is 0 Å². The van der Waals surface area contributed by atoms with Crippen molar-refractivity contribution >= 4 is 17.9 Å². The molecule has 0 saturated carbocycles. The summed E-state index contributed by atoms with van der Waals surface area (Å²) >= 11 is 0. The molecule has 0 spiro atoms. The molecule has 0 saturated heterocycles. The first kappa shape index (κ1) is 28.5. The van der Waals surface area contributed by atoms with E-state index in [1.165, 1.54) is 0 Å². The summed E-state index contributed by atoms with van der Waals surface area (Å²) in [5.41, 5.74) is 0. The van der Waals surface area contributed by atoms with Crippen LogP contribution >= 0.6 is 0 Å². The van der Waals surface area contributed by atoms with Gasteiger partial charge in [0.25, 0.3) is 0 Å². The van der Waals surface area contributed by atoms with E-state index in [0.29, 0.717) is 0 Å². The quantitative estimate of drug-likeness (QED) is 0.314. The summed E-state index contributed by atoms with van der Waals surface area (Å²) in [6.45, 7) is 0. The molecule has 0 heterocycles. The molecule has 0 atom stereocenters. The number of carbonyl (C=O) groups excluding carboxylic acids is 3. The van der Waals surface area contributed by atoms with E-state index < -0.39 is 36.4 Å². The number of hydrogen-bond donors (Lipinski definition) is 0. The van der Waals surface area contributed by atoms with Gasteiger partial charge in [-0.3, -0.25) is 0 Å². The zero-order valence-corrected chi connectivity index (χ0v) is 10.9. The van der Waals surface area contributed by atoms with Crippen molar-refractivity contribution in [1.29, 1.82) is 0 Å². The molecular weight excluding hydrogens is 440 g/mol. The fraction of sp³-hybridized carbons (Fsp3) is 0.500. The minimum absolute atomic E-state index is 0. The van der Waals surface area contributed by atoms with Crippen LogP contribution in [0.1, 0.15) is 0 Å². The average Bonchev–Trinajstić information content (AvgIpc) is 2.14. The Labute approximate surface area is 126 Å². The van der Waals surface area contributed by atoms with Gasteiger partial charge in [-0.2, -0.15) is 39.5 Å². The van der Waals surface area contributed by atoms with Gasteiger partial charge in [-0.1, -0.05) is 0 Å². The van der Waals surface area contributed by atoms with Crippen LogP contribution in [-0.4, -0.2) is 36.4 Å². The Hall–Kier alpha value is -1.60. The monoisotopic (exact) mass is 441 g/mol. The summed E-state index contributed by atoms with van der Waals surface area (Å²) in [5, 5.41) is 26.4. The van der Waals surface area contributed by atoms with E-state index in [1.54, 1.807) is 0 Å². The molecule has 0 aliphatic heterocycles. The van der Waals surface area contributed by atoms with Crippen molar-refractivity contribution in [3.05, 3.63) is 0 Å². The van der Waals surface area contributed by atoms with Crippen LogP contribution in [0, 0.1) is 0 Å². The molecule has 0 amide bonds. The van der Waals surface area contributed by atoms with Crippen molar-refractivity contribution < 1.29 is 88.7 Å². The summed E-state index contributed by atoms with van der Waals surface area (Å²) < 4.78 is 94.6. The second kappa shape index (κ2) is 10.2. The zero-order chi connectivity index (χ0) is 18.2. The average molecular weight is 440 g/mol. The number of carboxylic acid groups (broad SMARTS) is 3. The molecule has 22 heavy (non-hydrogen) atoms. The van der Waals surface area contributed by atoms with Crippen LogP contribution in [-0.2, 0) is 33.9 Å². The predicted octanol–water partition coefficient (Wildman–Crippen LogP) is -2.11. The first-order valence-electron chi connectivity index (χ1n) is 3.68. The van der Waals surface area contributed by atoms with Crippen molar-refractivity contribution in [2.24, 2.45) is 0 Å². The fourth-order valence-corrected chi connectivity index (χ4v) is 0. The van der Waals surface area contributed by atoms with Gasteiger partial charge in [0.2, 0.25) is 0 Å². The third-order valence-corrected chi connectivity index (χ3v) is 0.694. The van der Waals surface area contributed by atoms with Crippen LogP contribution in [0.3, 0.4) is 0 Å². The normalized spacial score (nSPS) is 10.8. The van der Waals surface area contributed by atoms with Crippen LogP contribution in [0.4, 0.5) is 39.5 Å². The van der Waals surface area contributed by atoms with Crippen LogP contribution in [0.25, 0.3) is 0 Å². The Morgan fingerprint density at radius 1 is 0.500 bits per heavy atom. The third kappa shape index (κ3) is 20.7. The number of rotatable bonds is 0. The fourth-order valence-electron chi connectivity index (χ4n) is 0. The second-order valence-electron chi connectivity index (χ2n) is 2.36. The van der Waals surface area contributed by atoms with E-state index in [-0.39, 0.29) is 19.5 Å². The third-order valence-electron chi connectivity index (χ3n) is 0.694. The number of hydrogen-bond acceptors (Lipinski definition) is 6. The van der Waals surface area contributed by atoms with Gasteiger partial charge in [0, 0.05) is 0 Å². The molecular formula is C6F9O6Ru. The number of carbonyl (C=O) groups is 3. The molecule has 1 radical (unpaired) electrons. The first-order valence-corrected chi connectivity index (χ1v) is 3.68. The Morgan fingerprint density at radius 2 is 0.545 bits per heavy atom. The molecule has 0 aromatic rings. The molecule has 131 valence electrons.